The highest BCUT2D eigenvalue weighted by Gasteiger charge is 2.41. The van der Waals surface area contributed by atoms with Crippen LogP contribution in [-0.4, -0.2) is 51.4 Å². The minimum Gasteiger partial charge on any atom is -0.368 e. The molecule has 0 aromatic heterocycles. The van der Waals surface area contributed by atoms with Crippen molar-refractivity contribution in [3.63, 3.8) is 0 Å². The van der Waals surface area contributed by atoms with Gasteiger partial charge in [0.05, 0.1) is 22.1 Å². The van der Waals surface area contributed by atoms with Gasteiger partial charge in [0.2, 0.25) is 15.9 Å². The largest absolute Gasteiger partial charge is 0.417 e. The minimum atomic E-state index is -4.72. The minimum absolute atomic E-state index is 0.0307. The van der Waals surface area contributed by atoms with Gasteiger partial charge in [0.1, 0.15) is 6.04 Å². The fourth-order valence-electron chi connectivity index (χ4n) is 3.58. The third kappa shape index (κ3) is 4.56. The summed E-state index contributed by atoms with van der Waals surface area (Å²) in [5, 5.41) is 11.4. The molecule has 1 atom stereocenters. The monoisotopic (exact) mass is 466 g/mol. The molecule has 170 valence electrons. The van der Waals surface area contributed by atoms with Crippen LogP contribution in [0, 0.1) is 18.3 Å². The normalized spacial score (nSPS) is 17.6. The molecule has 0 aliphatic carbocycles. The van der Waals surface area contributed by atoms with Gasteiger partial charge in [0, 0.05) is 32.4 Å². The second-order valence-corrected chi connectivity index (χ2v) is 9.23. The predicted octanol–water partition coefficient (Wildman–Crippen LogP) is 2.51. The lowest BCUT2D eigenvalue weighted by Gasteiger charge is -2.40. The SMILES string of the molecule is CNC(=O)C1CN(c2ccc(C#N)c(C(F)(F)F)c2)CCN1S(=O)(=O)c1ccc(C)cc1. The van der Waals surface area contributed by atoms with Gasteiger partial charge in [-0.25, -0.2) is 8.42 Å². The number of halogens is 3. The lowest BCUT2D eigenvalue weighted by atomic mass is 10.1. The van der Waals surface area contributed by atoms with Crippen molar-refractivity contribution in [2.24, 2.45) is 0 Å². The number of benzene rings is 2. The molecule has 1 amide bonds. The van der Waals surface area contributed by atoms with Crippen LogP contribution in [0.2, 0.25) is 0 Å². The number of sulfonamides is 1. The van der Waals surface area contributed by atoms with Crippen molar-refractivity contribution in [3.05, 3.63) is 59.2 Å². The van der Waals surface area contributed by atoms with Crippen LogP contribution in [0.15, 0.2) is 47.4 Å². The lowest BCUT2D eigenvalue weighted by Crippen LogP contribution is -2.60. The first kappa shape index (κ1) is 23.6. The summed E-state index contributed by atoms with van der Waals surface area (Å²) in [5.74, 6) is -0.574. The Morgan fingerprint density at radius 1 is 1.16 bits per heavy atom. The van der Waals surface area contributed by atoms with E-state index < -0.39 is 39.3 Å². The van der Waals surface area contributed by atoms with Crippen molar-refractivity contribution in [3.8, 4) is 6.07 Å². The molecule has 2 aromatic rings. The fourth-order valence-corrected chi connectivity index (χ4v) is 5.15. The van der Waals surface area contributed by atoms with Crippen LogP contribution in [0.25, 0.3) is 0 Å². The van der Waals surface area contributed by atoms with Gasteiger partial charge in [-0.2, -0.15) is 22.7 Å². The van der Waals surface area contributed by atoms with E-state index in [4.69, 9.17) is 5.26 Å². The number of piperazine rings is 1. The van der Waals surface area contributed by atoms with E-state index >= 15 is 0 Å². The molecular formula is C21H21F3N4O3S. The van der Waals surface area contributed by atoms with Gasteiger partial charge >= 0.3 is 6.18 Å². The number of aryl methyl sites for hydroxylation is 1. The zero-order chi connectivity index (χ0) is 23.7. The molecule has 0 saturated carbocycles. The standard InChI is InChI=1S/C21H21F3N4O3S/c1-14-3-7-17(8-4-14)32(30,31)28-10-9-27(13-19(28)20(29)26-2)16-6-5-15(12-25)18(11-16)21(22,23)24/h3-8,11,19H,9-10,13H2,1-2H3,(H,26,29). The van der Waals surface area contributed by atoms with E-state index in [1.165, 1.54) is 36.2 Å². The zero-order valence-corrected chi connectivity index (χ0v) is 18.2. The van der Waals surface area contributed by atoms with Crippen LogP contribution in [0.3, 0.4) is 0 Å². The highest BCUT2D eigenvalue weighted by atomic mass is 32.2. The summed E-state index contributed by atoms with van der Waals surface area (Å²) in [5.41, 5.74) is -0.566. The molecule has 0 radical (unpaired) electrons. The van der Waals surface area contributed by atoms with Crippen LogP contribution in [0.5, 0.6) is 0 Å². The Balaban J connectivity index is 1.96. The van der Waals surface area contributed by atoms with E-state index in [9.17, 15) is 26.4 Å². The summed E-state index contributed by atoms with van der Waals surface area (Å²) < 4.78 is 67.5. The van der Waals surface area contributed by atoms with Crippen molar-refractivity contribution in [2.75, 3.05) is 31.6 Å². The summed E-state index contributed by atoms with van der Waals surface area (Å²) in [4.78, 5) is 14.1. The number of hydrogen-bond acceptors (Lipinski definition) is 5. The molecule has 32 heavy (non-hydrogen) atoms. The lowest BCUT2D eigenvalue weighted by molar-refractivity contribution is -0.137. The molecule has 1 aliphatic rings. The van der Waals surface area contributed by atoms with Gasteiger partial charge in [-0.3, -0.25) is 4.79 Å². The number of amides is 1. The Hall–Kier alpha value is -3.10. The molecule has 1 saturated heterocycles. The van der Waals surface area contributed by atoms with Gasteiger partial charge in [-0.1, -0.05) is 17.7 Å². The van der Waals surface area contributed by atoms with Gasteiger partial charge in [-0.05, 0) is 37.3 Å². The molecule has 1 aliphatic heterocycles. The first-order chi connectivity index (χ1) is 15.0. The molecule has 7 nitrogen and oxygen atoms in total. The summed E-state index contributed by atoms with van der Waals surface area (Å²) in [6.07, 6.45) is -4.72. The van der Waals surface area contributed by atoms with E-state index in [1.54, 1.807) is 12.1 Å². The van der Waals surface area contributed by atoms with Crippen molar-refractivity contribution in [2.45, 2.75) is 24.0 Å². The summed E-state index contributed by atoms with van der Waals surface area (Å²) >= 11 is 0. The third-order valence-corrected chi connectivity index (χ3v) is 7.22. The number of nitrogens with zero attached hydrogens (tertiary/aromatic N) is 3. The number of anilines is 1. The van der Waals surface area contributed by atoms with E-state index in [0.29, 0.717) is 0 Å². The number of nitriles is 1. The molecule has 1 N–H and O–H groups in total. The Kier molecular flexibility index (Phi) is 6.48. The number of rotatable bonds is 4. The molecule has 2 aromatic carbocycles. The van der Waals surface area contributed by atoms with Gasteiger partial charge in [0.15, 0.2) is 0 Å². The van der Waals surface area contributed by atoms with Crippen molar-refractivity contribution in [1.82, 2.24) is 9.62 Å². The van der Waals surface area contributed by atoms with Crippen molar-refractivity contribution >= 4 is 21.6 Å². The predicted molar refractivity (Wildman–Crippen MR) is 111 cm³/mol. The maximum atomic E-state index is 13.4. The van der Waals surface area contributed by atoms with Crippen LogP contribution >= 0.6 is 0 Å². The Labute approximate surface area is 184 Å². The number of nitrogens with one attached hydrogen (secondary N) is 1. The maximum absolute atomic E-state index is 13.4. The highest BCUT2D eigenvalue weighted by molar-refractivity contribution is 7.89. The van der Waals surface area contributed by atoms with E-state index in [-0.39, 0.29) is 30.2 Å². The second kappa shape index (κ2) is 8.80. The summed E-state index contributed by atoms with van der Waals surface area (Å²) in [6.45, 7) is 1.64. The van der Waals surface area contributed by atoms with Gasteiger partial charge in [0.25, 0.3) is 0 Å². The molecule has 0 bridgehead atoms. The maximum Gasteiger partial charge on any atom is 0.417 e. The van der Waals surface area contributed by atoms with Crippen molar-refractivity contribution < 1.29 is 26.4 Å². The smallest absolute Gasteiger partial charge is 0.368 e. The van der Waals surface area contributed by atoms with Crippen LogP contribution in [0.1, 0.15) is 16.7 Å². The van der Waals surface area contributed by atoms with Gasteiger partial charge in [-0.15, -0.1) is 0 Å². The molecule has 0 spiro atoms. The van der Waals surface area contributed by atoms with E-state index in [1.807, 2.05) is 6.92 Å². The van der Waals surface area contributed by atoms with Crippen LogP contribution in [-0.2, 0) is 21.0 Å². The first-order valence-electron chi connectivity index (χ1n) is 9.65. The summed E-state index contributed by atoms with van der Waals surface area (Å²) in [7, 11) is -2.65. The van der Waals surface area contributed by atoms with Crippen molar-refractivity contribution in [1.29, 1.82) is 5.26 Å². The Morgan fingerprint density at radius 2 is 1.81 bits per heavy atom. The molecule has 1 unspecified atom stereocenters. The first-order valence-corrected chi connectivity index (χ1v) is 11.1. The van der Waals surface area contributed by atoms with E-state index in [2.05, 4.69) is 5.32 Å². The number of carbonyl (C=O) groups excluding carboxylic acids is 1. The fraction of sp³-hybridized carbons (Fsp3) is 0.333. The van der Waals surface area contributed by atoms with Gasteiger partial charge < -0.3 is 10.2 Å². The second-order valence-electron chi connectivity index (χ2n) is 7.34. The Morgan fingerprint density at radius 3 is 2.38 bits per heavy atom. The number of alkyl halides is 3. The summed E-state index contributed by atoms with van der Waals surface area (Å²) in [6, 6.07) is 9.86. The quantitative estimate of drug-likeness (QED) is 0.748. The number of hydrogen-bond donors (Lipinski definition) is 1. The molecule has 3 rings (SSSR count). The van der Waals surface area contributed by atoms with E-state index in [0.717, 1.165) is 22.0 Å². The average molecular weight is 466 g/mol. The highest BCUT2D eigenvalue weighted by Crippen LogP contribution is 2.35. The third-order valence-electron chi connectivity index (χ3n) is 5.30. The topological polar surface area (TPSA) is 93.5 Å². The molecular weight excluding hydrogens is 445 g/mol. The molecule has 1 fully saturated rings. The molecule has 1 heterocycles. The zero-order valence-electron chi connectivity index (χ0n) is 17.3. The number of carbonyl (C=O) groups is 1. The molecule has 11 heteroatoms. The van der Waals surface area contributed by atoms with Crippen LogP contribution in [0.4, 0.5) is 18.9 Å². The average Bonchev–Trinajstić information content (AvgIpc) is 2.77. The Bertz CT molecular complexity index is 1160. The van der Waals surface area contributed by atoms with Crippen LogP contribution < -0.4 is 10.2 Å². The number of likely N-dealkylation sites (N-methyl/N-ethyl adjacent to an activating group) is 1.